The molecule has 4 rings (SSSR count). The molecule has 1 aliphatic heterocycles. The maximum absolute atomic E-state index is 13.4. The van der Waals surface area contributed by atoms with Crippen molar-refractivity contribution in [1.29, 1.82) is 0 Å². The van der Waals surface area contributed by atoms with Crippen LogP contribution in [0.25, 0.3) is 11.3 Å². The summed E-state index contributed by atoms with van der Waals surface area (Å²) in [6, 6.07) is 14.4. The summed E-state index contributed by atoms with van der Waals surface area (Å²) in [6.07, 6.45) is 7.63. The molecule has 0 bridgehead atoms. The van der Waals surface area contributed by atoms with Gasteiger partial charge >= 0.3 is 0 Å². The molecule has 0 aliphatic carbocycles. The average molecular weight is 439 g/mol. The second kappa shape index (κ2) is 10.7. The summed E-state index contributed by atoms with van der Waals surface area (Å²) in [4.78, 5) is 9.24. The maximum Gasteiger partial charge on any atom is 0.126 e. The number of aryl methyl sites for hydroxylation is 1. The number of halogens is 2. The van der Waals surface area contributed by atoms with E-state index < -0.39 is 0 Å². The van der Waals surface area contributed by atoms with Crippen LogP contribution in [0.5, 0.6) is 0 Å². The van der Waals surface area contributed by atoms with Crippen LogP contribution < -0.4 is 10.6 Å². The molecule has 1 aliphatic rings. The quantitative estimate of drug-likeness (QED) is 0.461. The molecule has 2 N–H and O–H groups in total. The van der Waals surface area contributed by atoms with Gasteiger partial charge in [-0.2, -0.15) is 0 Å². The van der Waals surface area contributed by atoms with Crippen molar-refractivity contribution < 1.29 is 4.39 Å². The lowest BCUT2D eigenvalue weighted by atomic mass is 9.93. The summed E-state index contributed by atoms with van der Waals surface area (Å²) in [5.74, 6) is 1.26. The highest BCUT2D eigenvalue weighted by Crippen LogP contribution is 2.28. The number of aromatic nitrogens is 2. The van der Waals surface area contributed by atoms with E-state index in [1.54, 1.807) is 12.3 Å². The molecule has 6 heteroatoms. The molecule has 31 heavy (non-hydrogen) atoms. The fraction of sp³-hybridized carbons (Fsp3) is 0.360. The van der Waals surface area contributed by atoms with E-state index in [4.69, 9.17) is 16.6 Å². The van der Waals surface area contributed by atoms with Crippen molar-refractivity contribution in [2.45, 2.75) is 38.6 Å². The van der Waals surface area contributed by atoms with Crippen molar-refractivity contribution in [1.82, 2.24) is 15.3 Å². The third-order valence-electron chi connectivity index (χ3n) is 5.74. The fourth-order valence-electron chi connectivity index (χ4n) is 4.08. The van der Waals surface area contributed by atoms with Crippen LogP contribution in [-0.2, 0) is 13.0 Å². The number of rotatable bonds is 8. The number of hydrogen-bond donors (Lipinski definition) is 2. The van der Waals surface area contributed by atoms with Gasteiger partial charge in [-0.3, -0.25) is 4.98 Å². The number of piperidine rings is 1. The number of benzene rings is 1. The van der Waals surface area contributed by atoms with E-state index in [2.05, 4.69) is 21.7 Å². The third-order valence-corrected chi connectivity index (χ3v) is 6.05. The van der Waals surface area contributed by atoms with E-state index in [0.717, 1.165) is 60.2 Å². The van der Waals surface area contributed by atoms with Gasteiger partial charge in [0.15, 0.2) is 0 Å². The highest BCUT2D eigenvalue weighted by molar-refractivity contribution is 6.33. The molecular weight excluding hydrogens is 411 g/mol. The van der Waals surface area contributed by atoms with Crippen molar-refractivity contribution in [3.63, 3.8) is 0 Å². The predicted molar refractivity (Wildman–Crippen MR) is 125 cm³/mol. The van der Waals surface area contributed by atoms with Gasteiger partial charge in [-0.1, -0.05) is 29.8 Å². The van der Waals surface area contributed by atoms with Gasteiger partial charge in [0.25, 0.3) is 0 Å². The van der Waals surface area contributed by atoms with Crippen LogP contribution in [0.15, 0.2) is 54.7 Å². The van der Waals surface area contributed by atoms with E-state index >= 15 is 0 Å². The largest absolute Gasteiger partial charge is 0.366 e. The maximum atomic E-state index is 13.4. The Balaban J connectivity index is 1.41. The molecule has 3 aromatic rings. The molecular formula is C25H28ClFN4. The van der Waals surface area contributed by atoms with Crippen molar-refractivity contribution in [3.05, 3.63) is 76.8 Å². The first-order chi connectivity index (χ1) is 15.2. The Labute approximate surface area is 188 Å². The van der Waals surface area contributed by atoms with Gasteiger partial charge in [0, 0.05) is 24.0 Å². The van der Waals surface area contributed by atoms with E-state index in [1.807, 2.05) is 24.3 Å². The molecule has 0 saturated carbocycles. The van der Waals surface area contributed by atoms with Crippen molar-refractivity contribution in [2.75, 3.05) is 18.4 Å². The highest BCUT2D eigenvalue weighted by atomic mass is 35.5. The topological polar surface area (TPSA) is 49.8 Å². The van der Waals surface area contributed by atoms with Gasteiger partial charge in [-0.25, -0.2) is 9.37 Å². The molecule has 0 unspecified atom stereocenters. The SMILES string of the molecule is Fc1cccc(CNc2cccc(-c3cc(CCC[C@@H]4CCCNC4)ncc3Cl)n2)c1. The molecule has 4 nitrogen and oxygen atoms in total. The first-order valence-electron chi connectivity index (χ1n) is 11.0. The van der Waals surface area contributed by atoms with E-state index in [9.17, 15) is 4.39 Å². The van der Waals surface area contributed by atoms with E-state index in [1.165, 1.54) is 31.4 Å². The van der Waals surface area contributed by atoms with Crippen LogP contribution in [-0.4, -0.2) is 23.1 Å². The van der Waals surface area contributed by atoms with Crippen LogP contribution in [0, 0.1) is 11.7 Å². The van der Waals surface area contributed by atoms with Gasteiger partial charge in [0.1, 0.15) is 11.6 Å². The molecule has 1 saturated heterocycles. The van der Waals surface area contributed by atoms with E-state index in [-0.39, 0.29) is 5.82 Å². The smallest absolute Gasteiger partial charge is 0.126 e. The Kier molecular flexibility index (Phi) is 7.49. The van der Waals surface area contributed by atoms with Crippen LogP contribution >= 0.6 is 11.6 Å². The summed E-state index contributed by atoms with van der Waals surface area (Å²) in [7, 11) is 0. The van der Waals surface area contributed by atoms with Crippen LogP contribution in [0.2, 0.25) is 5.02 Å². The van der Waals surface area contributed by atoms with Crippen LogP contribution in [0.4, 0.5) is 10.2 Å². The lowest BCUT2D eigenvalue weighted by Crippen LogP contribution is -2.29. The molecule has 1 atom stereocenters. The minimum absolute atomic E-state index is 0.239. The Morgan fingerprint density at radius 1 is 1.16 bits per heavy atom. The molecule has 1 fully saturated rings. The molecule has 3 heterocycles. The van der Waals surface area contributed by atoms with Gasteiger partial charge < -0.3 is 10.6 Å². The number of nitrogens with zero attached hydrogens (tertiary/aromatic N) is 2. The van der Waals surface area contributed by atoms with Crippen molar-refractivity contribution in [2.24, 2.45) is 5.92 Å². The predicted octanol–water partition coefficient (Wildman–Crippen LogP) is 5.87. The van der Waals surface area contributed by atoms with Crippen molar-refractivity contribution >= 4 is 17.4 Å². The first kappa shape index (κ1) is 21.7. The second-order valence-corrected chi connectivity index (χ2v) is 8.56. The lowest BCUT2D eigenvalue weighted by Gasteiger charge is -2.22. The number of pyridine rings is 2. The minimum Gasteiger partial charge on any atom is -0.366 e. The fourth-order valence-corrected chi connectivity index (χ4v) is 4.28. The normalized spacial score (nSPS) is 16.3. The molecule has 0 amide bonds. The Morgan fingerprint density at radius 2 is 2.06 bits per heavy atom. The molecule has 162 valence electrons. The zero-order valence-corrected chi connectivity index (χ0v) is 18.3. The Bertz CT molecular complexity index is 1000. The van der Waals surface area contributed by atoms with Crippen LogP contribution in [0.3, 0.4) is 0 Å². The summed E-state index contributed by atoms with van der Waals surface area (Å²) in [5, 5.41) is 7.34. The zero-order valence-electron chi connectivity index (χ0n) is 17.6. The summed E-state index contributed by atoms with van der Waals surface area (Å²) in [5.41, 5.74) is 3.60. The van der Waals surface area contributed by atoms with Crippen LogP contribution in [0.1, 0.15) is 36.9 Å². The molecule has 0 radical (unpaired) electrons. The summed E-state index contributed by atoms with van der Waals surface area (Å²) < 4.78 is 13.4. The zero-order chi connectivity index (χ0) is 21.5. The Hall–Kier alpha value is -2.50. The molecule has 2 aromatic heterocycles. The monoisotopic (exact) mass is 438 g/mol. The minimum atomic E-state index is -0.239. The van der Waals surface area contributed by atoms with Gasteiger partial charge in [-0.05, 0) is 87.0 Å². The highest BCUT2D eigenvalue weighted by Gasteiger charge is 2.13. The first-order valence-corrected chi connectivity index (χ1v) is 11.4. The Morgan fingerprint density at radius 3 is 2.90 bits per heavy atom. The third kappa shape index (κ3) is 6.25. The van der Waals surface area contributed by atoms with E-state index in [0.29, 0.717) is 11.6 Å². The van der Waals surface area contributed by atoms with Gasteiger partial charge in [0.2, 0.25) is 0 Å². The second-order valence-electron chi connectivity index (χ2n) is 8.15. The van der Waals surface area contributed by atoms with Gasteiger partial charge in [0.05, 0.1) is 10.7 Å². The molecule has 1 aromatic carbocycles. The van der Waals surface area contributed by atoms with Crippen molar-refractivity contribution in [3.8, 4) is 11.3 Å². The lowest BCUT2D eigenvalue weighted by molar-refractivity contribution is 0.350. The summed E-state index contributed by atoms with van der Waals surface area (Å²) >= 11 is 6.46. The molecule has 0 spiro atoms. The number of anilines is 1. The number of nitrogens with one attached hydrogen (secondary N) is 2. The van der Waals surface area contributed by atoms with Gasteiger partial charge in [-0.15, -0.1) is 0 Å². The average Bonchev–Trinajstić information content (AvgIpc) is 2.80. The standard InChI is InChI=1S/C25H28ClFN4/c26-23-17-29-21(9-2-5-18-7-4-12-28-15-18)14-22(23)24-10-3-11-25(31-24)30-16-19-6-1-8-20(27)13-19/h1,3,6,8,10-11,13-14,17-18,28H,2,4-5,7,9,12,15-16H2,(H,30,31)/t18-/m1/s1. The number of hydrogen-bond acceptors (Lipinski definition) is 4. The summed E-state index contributed by atoms with van der Waals surface area (Å²) in [6.45, 7) is 2.79.